The van der Waals surface area contributed by atoms with Crippen LogP contribution in [0.3, 0.4) is 0 Å². The molecule has 0 saturated heterocycles. The van der Waals surface area contributed by atoms with Crippen molar-refractivity contribution in [2.24, 2.45) is 0 Å². The molecule has 2 aromatic rings. The van der Waals surface area contributed by atoms with Crippen molar-refractivity contribution >= 4 is 22.6 Å². The van der Waals surface area contributed by atoms with Gasteiger partial charge in [-0.2, -0.15) is 0 Å². The number of nitrogens with zero attached hydrogens (tertiary/aromatic N) is 1. The van der Waals surface area contributed by atoms with Gasteiger partial charge in [0.05, 0.1) is 11.0 Å². The second-order valence-electron chi connectivity index (χ2n) is 5.48. The number of hydrogen-bond donors (Lipinski definition) is 2. The van der Waals surface area contributed by atoms with Crippen LogP contribution in [0.5, 0.6) is 0 Å². The fourth-order valence-corrected chi connectivity index (χ4v) is 2.68. The van der Waals surface area contributed by atoms with Gasteiger partial charge in [-0.25, -0.2) is 4.79 Å². The number of carbonyl (C=O) groups excluding carboxylic acids is 1. The minimum Gasteiger partial charge on any atom is -0.311 e. The van der Waals surface area contributed by atoms with Gasteiger partial charge in [0.15, 0.2) is 0 Å². The topological polar surface area (TPSA) is 69.0 Å². The number of fused-ring (bicyclic) bond motifs is 2. The summed E-state index contributed by atoms with van der Waals surface area (Å²) in [5.41, 5.74) is 3.21. The molecule has 2 N–H and O–H groups in total. The van der Waals surface area contributed by atoms with E-state index < -0.39 is 0 Å². The number of hydrogen-bond acceptors (Lipinski definition) is 2. The summed E-state index contributed by atoms with van der Waals surface area (Å²) >= 11 is 0. The zero-order valence-electron chi connectivity index (χ0n) is 10.6. The summed E-state index contributed by atoms with van der Waals surface area (Å²) in [6, 6.07) is 3.84. The monoisotopic (exact) mass is 245 g/mol. The standard InChI is InChI=1S/C13H15N3O2/c1-7(17)16-6-13(2,3)8-4-9-10(5-11(8)16)15-12(18)14-9/h4-5H,6H2,1-3H3,(H2,14,15,18). The van der Waals surface area contributed by atoms with Gasteiger partial charge in [0.1, 0.15) is 0 Å². The molecule has 0 spiro atoms. The first kappa shape index (κ1) is 11.1. The third-order valence-electron chi connectivity index (χ3n) is 3.59. The lowest BCUT2D eigenvalue weighted by atomic mass is 9.87. The molecule has 1 amide bonds. The van der Waals surface area contributed by atoms with E-state index in [1.807, 2.05) is 12.1 Å². The third-order valence-corrected chi connectivity index (χ3v) is 3.59. The second kappa shape index (κ2) is 3.25. The first-order valence-corrected chi connectivity index (χ1v) is 5.93. The van der Waals surface area contributed by atoms with E-state index >= 15 is 0 Å². The predicted molar refractivity (Wildman–Crippen MR) is 70.0 cm³/mol. The Kier molecular flexibility index (Phi) is 2.00. The van der Waals surface area contributed by atoms with Crippen molar-refractivity contribution in [1.29, 1.82) is 0 Å². The second-order valence-corrected chi connectivity index (χ2v) is 5.48. The van der Waals surface area contributed by atoms with Crippen molar-refractivity contribution in [1.82, 2.24) is 9.97 Å². The molecule has 2 heterocycles. The average molecular weight is 245 g/mol. The molecule has 5 nitrogen and oxygen atoms in total. The minimum absolute atomic E-state index is 0.0269. The maximum absolute atomic E-state index is 11.7. The van der Waals surface area contributed by atoms with Gasteiger partial charge in [0.2, 0.25) is 5.91 Å². The van der Waals surface area contributed by atoms with E-state index in [0.29, 0.717) is 6.54 Å². The number of anilines is 1. The molecule has 0 fully saturated rings. The van der Waals surface area contributed by atoms with Crippen LogP contribution in [0, 0.1) is 0 Å². The molecular weight excluding hydrogens is 230 g/mol. The number of carbonyl (C=O) groups is 1. The highest BCUT2D eigenvalue weighted by atomic mass is 16.2. The summed E-state index contributed by atoms with van der Waals surface area (Å²) in [7, 11) is 0. The number of H-pyrrole nitrogens is 2. The van der Waals surface area contributed by atoms with Crippen molar-refractivity contribution in [2.45, 2.75) is 26.2 Å². The Hall–Kier alpha value is -2.04. The number of rotatable bonds is 0. The number of nitrogens with one attached hydrogen (secondary N) is 2. The predicted octanol–water partition coefficient (Wildman–Crippen LogP) is 1.50. The van der Waals surface area contributed by atoms with Gasteiger partial charge >= 0.3 is 5.69 Å². The van der Waals surface area contributed by atoms with Crippen molar-refractivity contribution in [3.63, 3.8) is 0 Å². The quantitative estimate of drug-likeness (QED) is 0.738. The Balaban J connectivity index is 2.32. The fraction of sp³-hybridized carbons (Fsp3) is 0.385. The zero-order chi connectivity index (χ0) is 13.1. The summed E-state index contributed by atoms with van der Waals surface area (Å²) < 4.78 is 0. The van der Waals surface area contributed by atoms with E-state index in [1.54, 1.807) is 11.8 Å². The lowest BCUT2D eigenvalue weighted by Gasteiger charge is -2.19. The Morgan fingerprint density at radius 1 is 1.28 bits per heavy atom. The van der Waals surface area contributed by atoms with Crippen LogP contribution in [-0.2, 0) is 10.2 Å². The minimum atomic E-state index is -0.221. The Morgan fingerprint density at radius 3 is 2.50 bits per heavy atom. The summed E-state index contributed by atoms with van der Waals surface area (Å²) in [5, 5.41) is 0. The lowest BCUT2D eigenvalue weighted by molar-refractivity contribution is -0.116. The van der Waals surface area contributed by atoms with Gasteiger partial charge in [0, 0.05) is 24.6 Å². The third kappa shape index (κ3) is 1.40. The average Bonchev–Trinajstić information content (AvgIpc) is 2.73. The van der Waals surface area contributed by atoms with Crippen LogP contribution in [0.2, 0.25) is 0 Å². The van der Waals surface area contributed by atoms with E-state index in [9.17, 15) is 9.59 Å². The highest BCUT2D eigenvalue weighted by molar-refractivity contribution is 5.97. The summed E-state index contributed by atoms with van der Waals surface area (Å²) in [4.78, 5) is 30.2. The maximum Gasteiger partial charge on any atom is 0.323 e. The Bertz CT molecular complexity index is 709. The SMILES string of the molecule is CC(=O)N1CC(C)(C)c2cc3[nH]c(=O)[nH]c3cc21. The fourth-order valence-electron chi connectivity index (χ4n) is 2.68. The molecule has 0 aliphatic carbocycles. The number of imidazole rings is 1. The first-order chi connectivity index (χ1) is 8.38. The van der Waals surface area contributed by atoms with E-state index in [4.69, 9.17) is 0 Å². The van der Waals surface area contributed by atoms with Gasteiger partial charge < -0.3 is 14.9 Å². The number of aromatic nitrogens is 2. The maximum atomic E-state index is 11.7. The van der Waals surface area contributed by atoms with Crippen LogP contribution in [0.15, 0.2) is 16.9 Å². The number of benzene rings is 1. The van der Waals surface area contributed by atoms with E-state index in [-0.39, 0.29) is 17.0 Å². The van der Waals surface area contributed by atoms with Crippen LogP contribution in [0.4, 0.5) is 5.69 Å². The lowest BCUT2D eigenvalue weighted by Crippen LogP contribution is -2.31. The molecule has 5 heteroatoms. The van der Waals surface area contributed by atoms with Crippen LogP contribution >= 0.6 is 0 Å². The molecule has 94 valence electrons. The summed E-state index contributed by atoms with van der Waals surface area (Å²) in [6.07, 6.45) is 0. The molecule has 3 rings (SSSR count). The zero-order valence-corrected chi connectivity index (χ0v) is 10.6. The Labute approximate surface area is 104 Å². The number of amides is 1. The number of aromatic amines is 2. The molecule has 0 unspecified atom stereocenters. The molecule has 0 bridgehead atoms. The first-order valence-electron chi connectivity index (χ1n) is 5.93. The van der Waals surface area contributed by atoms with E-state index in [1.165, 1.54) is 0 Å². The highest BCUT2D eigenvalue weighted by Gasteiger charge is 2.37. The molecule has 1 aromatic carbocycles. The molecule has 18 heavy (non-hydrogen) atoms. The van der Waals surface area contributed by atoms with Crippen molar-refractivity contribution in [3.05, 3.63) is 28.2 Å². The molecule has 1 aromatic heterocycles. The van der Waals surface area contributed by atoms with Gasteiger partial charge in [0.25, 0.3) is 0 Å². The van der Waals surface area contributed by atoms with Gasteiger partial charge in [-0.05, 0) is 17.7 Å². The van der Waals surface area contributed by atoms with E-state index in [0.717, 1.165) is 22.3 Å². The Morgan fingerprint density at radius 2 is 1.89 bits per heavy atom. The summed E-state index contributed by atoms with van der Waals surface area (Å²) in [6.45, 7) is 6.44. The largest absolute Gasteiger partial charge is 0.323 e. The van der Waals surface area contributed by atoms with Crippen LogP contribution in [0.25, 0.3) is 11.0 Å². The van der Waals surface area contributed by atoms with Crippen LogP contribution in [0.1, 0.15) is 26.3 Å². The van der Waals surface area contributed by atoms with Crippen molar-refractivity contribution in [2.75, 3.05) is 11.4 Å². The molecule has 0 radical (unpaired) electrons. The molecular formula is C13H15N3O2. The van der Waals surface area contributed by atoms with Crippen molar-refractivity contribution < 1.29 is 4.79 Å². The smallest absolute Gasteiger partial charge is 0.311 e. The van der Waals surface area contributed by atoms with Crippen molar-refractivity contribution in [3.8, 4) is 0 Å². The molecule has 0 saturated carbocycles. The molecule has 1 aliphatic heterocycles. The van der Waals surface area contributed by atoms with E-state index in [2.05, 4.69) is 23.8 Å². The summed E-state index contributed by atoms with van der Waals surface area (Å²) in [5.74, 6) is 0.0269. The normalized spacial score (nSPS) is 17.2. The van der Waals surface area contributed by atoms with Gasteiger partial charge in [-0.3, -0.25) is 4.79 Å². The molecule has 0 atom stereocenters. The highest BCUT2D eigenvalue weighted by Crippen LogP contribution is 2.41. The van der Waals surface area contributed by atoms with Gasteiger partial charge in [-0.1, -0.05) is 13.8 Å². The molecule has 1 aliphatic rings. The van der Waals surface area contributed by atoms with Crippen LogP contribution < -0.4 is 10.6 Å². The van der Waals surface area contributed by atoms with Crippen LogP contribution in [-0.4, -0.2) is 22.4 Å². The van der Waals surface area contributed by atoms with Gasteiger partial charge in [-0.15, -0.1) is 0 Å².